The van der Waals surface area contributed by atoms with E-state index in [1.807, 2.05) is 30.1 Å². The van der Waals surface area contributed by atoms with Crippen molar-refractivity contribution in [2.45, 2.75) is 13.0 Å². The molecule has 0 spiro atoms. The Kier molecular flexibility index (Phi) is 6.21. The van der Waals surface area contributed by atoms with E-state index in [0.717, 1.165) is 24.5 Å². The lowest BCUT2D eigenvalue weighted by Crippen LogP contribution is -2.47. The first-order chi connectivity index (χ1) is 13.4. The van der Waals surface area contributed by atoms with E-state index in [4.69, 9.17) is 28.6 Å². The maximum Gasteiger partial charge on any atom is 0.271 e. The molecular weight excluding hydrogens is 400 g/mol. The summed E-state index contributed by atoms with van der Waals surface area (Å²) in [5, 5.41) is 14.7. The van der Waals surface area contributed by atoms with Gasteiger partial charge in [0, 0.05) is 25.7 Å². The minimum atomic E-state index is -0.471. The van der Waals surface area contributed by atoms with Crippen LogP contribution in [0.3, 0.4) is 0 Å². The lowest BCUT2D eigenvalue weighted by atomic mass is 10.2. The third kappa shape index (κ3) is 4.45. The Labute approximate surface area is 174 Å². The van der Waals surface area contributed by atoms with Crippen LogP contribution in [0.4, 0.5) is 17.1 Å². The van der Waals surface area contributed by atoms with E-state index in [9.17, 15) is 10.1 Å². The molecule has 9 heteroatoms. The minimum absolute atomic E-state index is 0.0526. The number of anilines is 2. The highest BCUT2D eigenvalue weighted by Crippen LogP contribution is 2.33. The quantitative estimate of drug-likeness (QED) is 0.442. The number of nitro groups is 1. The fourth-order valence-electron chi connectivity index (χ4n) is 3.10. The number of hydrogen-bond acceptors (Lipinski definition) is 5. The molecule has 0 saturated heterocycles. The number of para-hydroxylation sites is 2. The summed E-state index contributed by atoms with van der Waals surface area (Å²) in [7, 11) is 1.85. The van der Waals surface area contributed by atoms with Gasteiger partial charge in [0.15, 0.2) is 5.11 Å². The molecule has 28 heavy (non-hydrogen) atoms. The number of likely N-dealkylation sites (N-methyl/N-ethyl adjacent to an activating group) is 2. The Balaban J connectivity index is 1.67. The molecule has 2 aromatic rings. The average Bonchev–Trinajstić information content (AvgIpc) is 2.68. The Bertz CT molecular complexity index is 895. The van der Waals surface area contributed by atoms with Crippen molar-refractivity contribution in [2.75, 3.05) is 36.9 Å². The molecular formula is C19H21ClN4O3S. The number of hydrogen-bond donors (Lipinski definition) is 1. The van der Waals surface area contributed by atoms with Crippen LogP contribution >= 0.6 is 23.8 Å². The molecule has 0 fully saturated rings. The predicted molar refractivity (Wildman–Crippen MR) is 116 cm³/mol. The summed E-state index contributed by atoms with van der Waals surface area (Å²) in [6.07, 6.45) is -0.0693. The summed E-state index contributed by atoms with van der Waals surface area (Å²) in [6, 6.07) is 12.2. The van der Waals surface area contributed by atoms with Gasteiger partial charge in [-0.25, -0.2) is 0 Å². The van der Waals surface area contributed by atoms with Crippen LogP contribution in [0.1, 0.15) is 6.92 Å². The van der Waals surface area contributed by atoms with Gasteiger partial charge in [-0.1, -0.05) is 23.7 Å². The summed E-state index contributed by atoms with van der Waals surface area (Å²) in [4.78, 5) is 14.6. The van der Waals surface area contributed by atoms with Crippen molar-refractivity contribution in [2.24, 2.45) is 0 Å². The van der Waals surface area contributed by atoms with Crippen LogP contribution < -0.4 is 15.0 Å². The van der Waals surface area contributed by atoms with E-state index in [2.05, 4.69) is 23.2 Å². The summed E-state index contributed by atoms with van der Waals surface area (Å²) in [5.74, 6) is 0.856. The number of benzene rings is 2. The highest BCUT2D eigenvalue weighted by Gasteiger charge is 2.26. The molecule has 1 atom stereocenters. The molecule has 0 unspecified atom stereocenters. The largest absolute Gasteiger partial charge is 0.485 e. The van der Waals surface area contributed by atoms with Crippen LogP contribution in [0, 0.1) is 10.1 Å². The van der Waals surface area contributed by atoms with Crippen LogP contribution in [-0.2, 0) is 0 Å². The van der Waals surface area contributed by atoms with Crippen LogP contribution in [0.2, 0.25) is 5.02 Å². The molecule has 1 heterocycles. The zero-order valence-corrected chi connectivity index (χ0v) is 17.2. The highest BCUT2D eigenvalue weighted by molar-refractivity contribution is 7.80. The number of nitrogens with zero attached hydrogens (tertiary/aromatic N) is 3. The molecule has 1 N–H and O–H groups in total. The van der Waals surface area contributed by atoms with Crippen LogP contribution in [0.5, 0.6) is 5.75 Å². The third-order valence-corrected chi connectivity index (χ3v) is 5.28. The summed E-state index contributed by atoms with van der Waals surface area (Å²) in [5.41, 5.74) is 1.44. The smallest absolute Gasteiger partial charge is 0.271 e. The van der Waals surface area contributed by atoms with Gasteiger partial charge in [-0.15, -0.1) is 0 Å². The molecule has 0 aliphatic carbocycles. The van der Waals surface area contributed by atoms with Gasteiger partial charge in [-0.3, -0.25) is 10.1 Å². The third-order valence-electron chi connectivity index (χ3n) is 4.53. The minimum Gasteiger partial charge on any atom is -0.485 e. The van der Waals surface area contributed by atoms with Crippen molar-refractivity contribution in [3.05, 3.63) is 57.6 Å². The molecule has 2 aromatic carbocycles. The number of thiocarbonyl (C=S) groups is 1. The molecule has 0 amide bonds. The van der Waals surface area contributed by atoms with Crippen LogP contribution in [0.15, 0.2) is 42.5 Å². The number of non-ortho nitro benzene ring substituents is 1. The second-order valence-corrected chi connectivity index (χ2v) is 7.27. The van der Waals surface area contributed by atoms with Crippen molar-refractivity contribution >= 4 is 46.0 Å². The van der Waals surface area contributed by atoms with Gasteiger partial charge in [-0.2, -0.15) is 0 Å². The first kappa shape index (κ1) is 20.2. The predicted octanol–water partition coefficient (Wildman–Crippen LogP) is 4.16. The Morgan fingerprint density at radius 3 is 2.89 bits per heavy atom. The Hall–Kier alpha value is -2.58. The molecule has 0 radical (unpaired) electrons. The van der Waals surface area contributed by atoms with E-state index in [0.29, 0.717) is 22.4 Å². The second kappa shape index (κ2) is 8.62. The maximum absolute atomic E-state index is 11.0. The highest BCUT2D eigenvalue weighted by atomic mass is 35.5. The van der Waals surface area contributed by atoms with E-state index in [1.165, 1.54) is 18.2 Å². The molecule has 148 valence electrons. The zero-order valence-electron chi connectivity index (χ0n) is 15.6. The molecule has 0 aromatic heterocycles. The van der Waals surface area contributed by atoms with E-state index in [-0.39, 0.29) is 11.8 Å². The van der Waals surface area contributed by atoms with Crippen LogP contribution in [-0.4, -0.2) is 47.7 Å². The lowest BCUT2D eigenvalue weighted by molar-refractivity contribution is -0.384. The van der Waals surface area contributed by atoms with Gasteiger partial charge in [0.25, 0.3) is 5.69 Å². The molecule has 3 rings (SSSR count). The van der Waals surface area contributed by atoms with E-state index >= 15 is 0 Å². The number of rotatable bonds is 5. The number of nitrogens with one attached hydrogen (secondary N) is 1. The molecule has 1 aliphatic heterocycles. The first-order valence-electron chi connectivity index (χ1n) is 8.85. The SMILES string of the molecule is CCN1C[C@H](CN(C)C(=S)Nc2cc([N+](=O)[O-])ccc2Cl)Oc2ccccc21. The Morgan fingerprint density at radius 1 is 1.43 bits per heavy atom. The van der Waals surface area contributed by atoms with Crippen molar-refractivity contribution in [3.8, 4) is 5.75 Å². The standard InChI is InChI=1S/C19H21ClN4O3S/c1-3-23-12-14(27-18-7-5-4-6-17(18)23)11-22(2)19(28)21-16-10-13(24(25)26)8-9-15(16)20/h4-10,14H,3,11-12H2,1-2H3,(H,21,28)/t14-/m0/s1. The molecule has 7 nitrogen and oxygen atoms in total. The summed E-state index contributed by atoms with van der Waals surface area (Å²) in [6.45, 7) is 4.30. The van der Waals surface area contributed by atoms with Gasteiger partial charge in [-0.05, 0) is 37.3 Å². The van der Waals surface area contributed by atoms with Gasteiger partial charge < -0.3 is 19.9 Å². The lowest BCUT2D eigenvalue weighted by Gasteiger charge is -2.37. The number of halogens is 1. The molecule has 0 bridgehead atoms. The van der Waals surface area contributed by atoms with Crippen molar-refractivity contribution < 1.29 is 9.66 Å². The second-order valence-electron chi connectivity index (χ2n) is 6.48. The van der Waals surface area contributed by atoms with Crippen molar-refractivity contribution in [1.82, 2.24) is 4.90 Å². The Morgan fingerprint density at radius 2 is 2.18 bits per heavy atom. The van der Waals surface area contributed by atoms with Crippen LogP contribution in [0.25, 0.3) is 0 Å². The zero-order chi connectivity index (χ0) is 20.3. The first-order valence-corrected chi connectivity index (χ1v) is 9.64. The van der Waals surface area contributed by atoms with Gasteiger partial charge in [0.2, 0.25) is 0 Å². The monoisotopic (exact) mass is 420 g/mol. The van der Waals surface area contributed by atoms with Gasteiger partial charge in [0.1, 0.15) is 11.9 Å². The number of fused-ring (bicyclic) bond motifs is 1. The van der Waals surface area contributed by atoms with E-state index < -0.39 is 4.92 Å². The normalized spacial score (nSPS) is 15.4. The van der Waals surface area contributed by atoms with Gasteiger partial charge in [0.05, 0.1) is 34.4 Å². The molecule has 1 aliphatic rings. The van der Waals surface area contributed by atoms with Crippen molar-refractivity contribution in [3.63, 3.8) is 0 Å². The van der Waals surface area contributed by atoms with Crippen molar-refractivity contribution in [1.29, 1.82) is 0 Å². The summed E-state index contributed by atoms with van der Waals surface area (Å²) < 4.78 is 6.12. The summed E-state index contributed by atoms with van der Waals surface area (Å²) >= 11 is 11.6. The molecule has 0 saturated carbocycles. The number of ether oxygens (including phenoxy) is 1. The fraction of sp³-hybridized carbons (Fsp3) is 0.316. The number of nitro benzene ring substituents is 1. The maximum atomic E-state index is 11.0. The topological polar surface area (TPSA) is 70.9 Å². The fourth-order valence-corrected chi connectivity index (χ4v) is 3.44. The van der Waals surface area contributed by atoms with Gasteiger partial charge >= 0.3 is 0 Å². The van der Waals surface area contributed by atoms with E-state index in [1.54, 1.807) is 0 Å². The average molecular weight is 421 g/mol.